The Bertz CT molecular complexity index is 710. The highest BCUT2D eigenvalue weighted by Gasteiger charge is 2.21. The van der Waals surface area contributed by atoms with Gasteiger partial charge >= 0.3 is 0 Å². The second-order valence-electron chi connectivity index (χ2n) is 6.43. The fourth-order valence-corrected chi connectivity index (χ4v) is 3.91. The molecule has 5 nitrogen and oxygen atoms in total. The van der Waals surface area contributed by atoms with Crippen LogP contribution >= 0.6 is 11.8 Å². The predicted octanol–water partition coefficient (Wildman–Crippen LogP) is 3.44. The Morgan fingerprint density at radius 2 is 1.96 bits per heavy atom. The number of carbonyl (C=O) groups excluding carboxylic acids is 1. The Kier molecular flexibility index (Phi) is 6.07. The summed E-state index contributed by atoms with van der Waals surface area (Å²) in [7, 11) is 1.90. The summed E-state index contributed by atoms with van der Waals surface area (Å²) in [6.45, 7) is 0.399. The topological polar surface area (TPSA) is 59.8 Å². The number of nitrogens with zero attached hydrogens (tertiary/aromatic N) is 3. The van der Waals surface area contributed by atoms with Crippen molar-refractivity contribution >= 4 is 17.7 Å². The van der Waals surface area contributed by atoms with Gasteiger partial charge in [0.15, 0.2) is 11.0 Å². The maximum atomic E-state index is 12.9. The van der Waals surface area contributed by atoms with Crippen molar-refractivity contribution in [2.75, 3.05) is 0 Å². The summed E-state index contributed by atoms with van der Waals surface area (Å²) in [5, 5.41) is 12.1. The van der Waals surface area contributed by atoms with Crippen molar-refractivity contribution in [3.63, 3.8) is 0 Å². The fraction of sp³-hybridized carbons (Fsp3) is 0.500. The van der Waals surface area contributed by atoms with E-state index in [4.69, 9.17) is 0 Å². The third-order valence-electron chi connectivity index (χ3n) is 4.60. The second kappa shape index (κ2) is 8.47. The highest BCUT2D eigenvalue weighted by atomic mass is 32.2. The molecule has 3 rings (SSSR count). The molecule has 1 N–H and O–H groups in total. The van der Waals surface area contributed by atoms with Gasteiger partial charge in [0.1, 0.15) is 5.82 Å². The van der Waals surface area contributed by atoms with Crippen molar-refractivity contribution in [1.82, 2.24) is 20.1 Å². The van der Waals surface area contributed by atoms with Crippen molar-refractivity contribution in [3.05, 3.63) is 41.5 Å². The van der Waals surface area contributed by atoms with Crippen LogP contribution < -0.4 is 5.32 Å². The number of amides is 1. The van der Waals surface area contributed by atoms with Gasteiger partial charge < -0.3 is 9.88 Å². The molecule has 1 amide bonds. The number of nitrogens with one attached hydrogen (secondary N) is 1. The Labute approximate surface area is 151 Å². The zero-order valence-electron chi connectivity index (χ0n) is 14.4. The minimum atomic E-state index is -0.233. The van der Waals surface area contributed by atoms with Crippen LogP contribution in [0.15, 0.2) is 29.4 Å². The molecule has 0 atom stereocenters. The van der Waals surface area contributed by atoms with Crippen LogP contribution in [0.3, 0.4) is 0 Å². The molecule has 1 heterocycles. The number of aromatic nitrogens is 3. The van der Waals surface area contributed by atoms with Crippen LogP contribution in [-0.4, -0.2) is 20.7 Å². The third-order valence-corrected chi connectivity index (χ3v) is 5.69. The van der Waals surface area contributed by atoms with E-state index in [-0.39, 0.29) is 17.6 Å². The molecule has 1 aromatic carbocycles. The van der Waals surface area contributed by atoms with Gasteiger partial charge in [-0.3, -0.25) is 4.79 Å². The van der Waals surface area contributed by atoms with E-state index in [1.807, 2.05) is 11.6 Å². The lowest BCUT2D eigenvalue weighted by Gasteiger charge is -2.20. The van der Waals surface area contributed by atoms with Gasteiger partial charge in [-0.05, 0) is 30.5 Å². The van der Waals surface area contributed by atoms with Gasteiger partial charge in [0.05, 0.1) is 6.54 Å². The van der Waals surface area contributed by atoms with E-state index in [9.17, 15) is 9.18 Å². The molecule has 0 aliphatic heterocycles. The molecule has 1 saturated carbocycles. The van der Waals surface area contributed by atoms with Crippen LogP contribution in [0, 0.1) is 11.7 Å². The Morgan fingerprint density at radius 3 is 2.68 bits per heavy atom. The van der Waals surface area contributed by atoms with Gasteiger partial charge in [-0.1, -0.05) is 43.2 Å². The SMILES string of the molecule is Cn1c(CNC(=O)C2CCCCC2)nnc1SCc1ccc(F)cc1. The fourth-order valence-electron chi connectivity index (χ4n) is 3.03. The maximum absolute atomic E-state index is 12.9. The average Bonchev–Trinajstić information content (AvgIpc) is 3.00. The molecule has 2 aromatic rings. The van der Waals surface area contributed by atoms with Crippen molar-refractivity contribution in [2.45, 2.75) is 49.6 Å². The summed E-state index contributed by atoms with van der Waals surface area (Å²) < 4.78 is 14.8. The largest absolute Gasteiger partial charge is 0.349 e. The molecule has 1 aromatic heterocycles. The first-order valence-electron chi connectivity index (χ1n) is 8.66. The molecule has 1 fully saturated rings. The van der Waals surface area contributed by atoms with Crippen LogP contribution in [0.5, 0.6) is 0 Å². The van der Waals surface area contributed by atoms with E-state index in [1.54, 1.807) is 23.9 Å². The Morgan fingerprint density at radius 1 is 1.24 bits per heavy atom. The second-order valence-corrected chi connectivity index (χ2v) is 7.37. The molecular formula is C18H23FN4OS. The van der Waals surface area contributed by atoms with E-state index >= 15 is 0 Å². The first kappa shape index (κ1) is 17.9. The number of halogens is 1. The van der Waals surface area contributed by atoms with Gasteiger partial charge in [-0.25, -0.2) is 4.39 Å². The van der Waals surface area contributed by atoms with Crippen molar-refractivity contribution < 1.29 is 9.18 Å². The summed E-state index contributed by atoms with van der Waals surface area (Å²) in [6, 6.07) is 6.45. The average molecular weight is 362 g/mol. The number of hydrogen-bond acceptors (Lipinski definition) is 4. The van der Waals surface area contributed by atoms with Gasteiger partial charge in [-0.2, -0.15) is 0 Å². The first-order chi connectivity index (χ1) is 12.1. The minimum absolute atomic E-state index is 0.128. The van der Waals surface area contributed by atoms with Crippen LogP contribution in [0.4, 0.5) is 4.39 Å². The summed E-state index contributed by atoms with van der Waals surface area (Å²) >= 11 is 1.54. The Balaban J connectivity index is 1.51. The molecule has 1 aliphatic carbocycles. The molecule has 7 heteroatoms. The van der Waals surface area contributed by atoms with Crippen LogP contribution in [-0.2, 0) is 24.1 Å². The molecule has 0 bridgehead atoms. The molecule has 0 saturated heterocycles. The molecule has 0 radical (unpaired) electrons. The van der Waals surface area contributed by atoms with Crippen molar-refractivity contribution in [1.29, 1.82) is 0 Å². The number of thioether (sulfide) groups is 1. The van der Waals surface area contributed by atoms with E-state index in [1.165, 1.54) is 18.6 Å². The monoisotopic (exact) mass is 362 g/mol. The predicted molar refractivity (Wildman–Crippen MR) is 95.4 cm³/mol. The summed E-state index contributed by atoms with van der Waals surface area (Å²) in [6.07, 6.45) is 5.51. The molecule has 25 heavy (non-hydrogen) atoms. The third kappa shape index (κ3) is 4.81. The number of benzene rings is 1. The highest BCUT2D eigenvalue weighted by molar-refractivity contribution is 7.98. The van der Waals surface area contributed by atoms with Crippen LogP contribution in [0.1, 0.15) is 43.5 Å². The smallest absolute Gasteiger partial charge is 0.223 e. The lowest BCUT2D eigenvalue weighted by molar-refractivity contribution is -0.126. The zero-order chi connectivity index (χ0) is 17.6. The van der Waals surface area contributed by atoms with Crippen LogP contribution in [0.25, 0.3) is 0 Å². The summed E-state index contributed by atoms with van der Waals surface area (Å²) in [4.78, 5) is 12.2. The minimum Gasteiger partial charge on any atom is -0.349 e. The first-order valence-corrected chi connectivity index (χ1v) is 9.65. The number of hydrogen-bond donors (Lipinski definition) is 1. The van der Waals surface area contributed by atoms with E-state index in [0.29, 0.717) is 12.3 Å². The number of rotatable bonds is 6. The lowest BCUT2D eigenvalue weighted by atomic mass is 9.89. The summed E-state index contributed by atoms with van der Waals surface area (Å²) in [5.74, 6) is 1.48. The van der Waals surface area contributed by atoms with Crippen molar-refractivity contribution in [3.8, 4) is 0 Å². The summed E-state index contributed by atoms with van der Waals surface area (Å²) in [5.41, 5.74) is 1.03. The van der Waals surface area contributed by atoms with Crippen molar-refractivity contribution in [2.24, 2.45) is 13.0 Å². The standard InChI is InChI=1S/C18H23FN4OS/c1-23-16(11-20-17(24)14-5-3-2-4-6-14)21-22-18(23)25-12-13-7-9-15(19)10-8-13/h7-10,14H,2-6,11-12H2,1H3,(H,20,24). The quantitative estimate of drug-likeness (QED) is 0.800. The van der Waals surface area contributed by atoms with Gasteiger partial charge in [0, 0.05) is 18.7 Å². The Hall–Kier alpha value is -1.89. The van der Waals surface area contributed by atoms with E-state index < -0.39 is 0 Å². The maximum Gasteiger partial charge on any atom is 0.223 e. The van der Waals surface area contributed by atoms with E-state index in [2.05, 4.69) is 15.5 Å². The number of carbonyl (C=O) groups is 1. The van der Waals surface area contributed by atoms with E-state index in [0.717, 1.165) is 42.2 Å². The molecule has 134 valence electrons. The highest BCUT2D eigenvalue weighted by Crippen LogP contribution is 2.24. The van der Waals surface area contributed by atoms with Gasteiger partial charge in [0.25, 0.3) is 0 Å². The van der Waals surface area contributed by atoms with Gasteiger partial charge in [-0.15, -0.1) is 10.2 Å². The molecule has 0 spiro atoms. The molecular weight excluding hydrogens is 339 g/mol. The lowest BCUT2D eigenvalue weighted by Crippen LogP contribution is -2.32. The molecule has 0 unspecified atom stereocenters. The zero-order valence-corrected chi connectivity index (χ0v) is 15.2. The van der Waals surface area contributed by atoms with Gasteiger partial charge in [0.2, 0.25) is 5.91 Å². The normalized spacial score (nSPS) is 15.3. The van der Waals surface area contributed by atoms with Crippen LogP contribution in [0.2, 0.25) is 0 Å². The molecule has 1 aliphatic rings.